The normalized spacial score (nSPS) is 10.5. The molecule has 2 aromatic carbocycles. The van der Waals surface area contributed by atoms with Crippen molar-refractivity contribution in [2.45, 2.75) is 27.7 Å². The van der Waals surface area contributed by atoms with E-state index in [4.69, 9.17) is 4.74 Å². The van der Waals surface area contributed by atoms with E-state index in [0.717, 1.165) is 11.1 Å². The number of hydrogen-bond donors (Lipinski definition) is 1. The molecule has 0 radical (unpaired) electrons. The van der Waals surface area contributed by atoms with Gasteiger partial charge in [-0.25, -0.2) is 4.79 Å². The van der Waals surface area contributed by atoms with Gasteiger partial charge in [0.05, 0.1) is 5.56 Å². The fraction of sp³-hybridized carbons (Fsp3) is 0.286. The van der Waals surface area contributed by atoms with Crippen LogP contribution in [-0.2, 0) is 9.53 Å². The molecule has 0 fully saturated rings. The molecule has 0 aliphatic rings. The Morgan fingerprint density at radius 3 is 2.04 bits per heavy atom. The molecule has 0 atom stereocenters. The molecule has 0 heterocycles. The number of ether oxygens (including phenoxy) is 1. The van der Waals surface area contributed by atoms with Crippen LogP contribution in [0.25, 0.3) is 0 Å². The largest absolute Gasteiger partial charge is 0.454 e. The maximum Gasteiger partial charge on any atom is 0.338 e. The molecular formula is C21H23NO4. The maximum absolute atomic E-state index is 12.2. The van der Waals surface area contributed by atoms with Crippen LogP contribution in [0.1, 0.15) is 45.7 Å². The number of ketones is 1. The fourth-order valence-electron chi connectivity index (χ4n) is 2.42. The molecular weight excluding hydrogens is 330 g/mol. The summed E-state index contributed by atoms with van der Waals surface area (Å²) in [4.78, 5) is 35.9. The number of benzene rings is 2. The molecule has 0 aliphatic heterocycles. The van der Waals surface area contributed by atoms with Gasteiger partial charge in [0.1, 0.15) is 0 Å². The lowest BCUT2D eigenvalue weighted by Gasteiger charge is -2.09. The summed E-state index contributed by atoms with van der Waals surface area (Å²) in [6, 6.07) is 11.9. The van der Waals surface area contributed by atoms with Crippen molar-refractivity contribution in [1.82, 2.24) is 0 Å². The highest BCUT2D eigenvalue weighted by molar-refractivity contribution is 6.00. The lowest BCUT2D eigenvalue weighted by Crippen LogP contribution is -2.18. The summed E-state index contributed by atoms with van der Waals surface area (Å²) in [5, 5.41) is 2.75. The van der Waals surface area contributed by atoms with Gasteiger partial charge in [0.2, 0.25) is 5.91 Å². The summed E-state index contributed by atoms with van der Waals surface area (Å²) in [5.74, 6) is -1.04. The number of hydrogen-bond acceptors (Lipinski definition) is 4. The highest BCUT2D eigenvalue weighted by atomic mass is 16.5. The van der Waals surface area contributed by atoms with Gasteiger partial charge in [0.25, 0.3) is 0 Å². The zero-order valence-corrected chi connectivity index (χ0v) is 15.5. The first-order chi connectivity index (χ1) is 12.3. The van der Waals surface area contributed by atoms with Gasteiger partial charge in [0.15, 0.2) is 12.4 Å². The predicted octanol–water partition coefficient (Wildman–Crippen LogP) is 3.94. The number of anilines is 1. The first-order valence-electron chi connectivity index (χ1n) is 8.46. The number of carbonyl (C=O) groups excluding carboxylic acids is 3. The quantitative estimate of drug-likeness (QED) is 0.631. The molecule has 0 unspecified atom stereocenters. The number of nitrogens with one attached hydrogen (secondary N) is 1. The van der Waals surface area contributed by atoms with E-state index in [2.05, 4.69) is 5.32 Å². The summed E-state index contributed by atoms with van der Waals surface area (Å²) in [7, 11) is 0. The number of esters is 1. The van der Waals surface area contributed by atoms with E-state index in [1.807, 2.05) is 19.9 Å². The van der Waals surface area contributed by atoms with Crippen LogP contribution in [0, 0.1) is 19.8 Å². The van der Waals surface area contributed by atoms with E-state index in [1.165, 1.54) is 0 Å². The number of amides is 1. The molecule has 2 aromatic rings. The third-order valence-corrected chi connectivity index (χ3v) is 3.79. The Morgan fingerprint density at radius 2 is 1.50 bits per heavy atom. The van der Waals surface area contributed by atoms with Gasteiger partial charge in [-0.15, -0.1) is 0 Å². The summed E-state index contributed by atoms with van der Waals surface area (Å²) in [6.07, 6.45) is 0. The molecule has 0 bridgehead atoms. The second kappa shape index (κ2) is 8.43. The van der Waals surface area contributed by atoms with Gasteiger partial charge in [-0.05, 0) is 50.2 Å². The van der Waals surface area contributed by atoms with Crippen molar-refractivity contribution in [3.63, 3.8) is 0 Å². The van der Waals surface area contributed by atoms with E-state index >= 15 is 0 Å². The molecule has 26 heavy (non-hydrogen) atoms. The van der Waals surface area contributed by atoms with E-state index in [1.54, 1.807) is 50.2 Å². The third-order valence-electron chi connectivity index (χ3n) is 3.79. The SMILES string of the molecule is Cc1cc(C)cc(C(=O)OCC(=O)c2ccc(NC(=O)C(C)C)cc2)c1. The standard InChI is InChI=1S/C21H23NO4/c1-13(2)20(24)22-18-7-5-16(6-8-18)19(23)12-26-21(25)17-10-14(3)9-15(4)11-17/h5-11,13H,12H2,1-4H3,(H,22,24). The molecule has 1 N–H and O–H groups in total. The van der Waals surface area contributed by atoms with Crippen molar-refractivity contribution in [3.8, 4) is 0 Å². The highest BCUT2D eigenvalue weighted by Crippen LogP contribution is 2.13. The van der Waals surface area contributed by atoms with E-state index in [9.17, 15) is 14.4 Å². The summed E-state index contributed by atoms with van der Waals surface area (Å²) >= 11 is 0. The Bertz CT molecular complexity index is 802. The Labute approximate surface area is 153 Å². The van der Waals surface area contributed by atoms with Crippen LogP contribution in [0.5, 0.6) is 0 Å². The zero-order valence-electron chi connectivity index (χ0n) is 15.5. The molecule has 136 valence electrons. The van der Waals surface area contributed by atoms with E-state index in [-0.39, 0.29) is 24.2 Å². The smallest absolute Gasteiger partial charge is 0.338 e. The van der Waals surface area contributed by atoms with Crippen LogP contribution in [0.15, 0.2) is 42.5 Å². The van der Waals surface area contributed by atoms with Crippen LogP contribution < -0.4 is 5.32 Å². The van der Waals surface area contributed by atoms with Crippen molar-refractivity contribution in [3.05, 3.63) is 64.7 Å². The second-order valence-corrected chi connectivity index (χ2v) is 6.60. The molecule has 0 saturated heterocycles. The summed E-state index contributed by atoms with van der Waals surface area (Å²) in [6.45, 7) is 7.07. The molecule has 0 aliphatic carbocycles. The topological polar surface area (TPSA) is 72.5 Å². The van der Waals surface area contributed by atoms with Crippen molar-refractivity contribution < 1.29 is 19.1 Å². The van der Waals surface area contributed by atoms with Crippen LogP contribution in [-0.4, -0.2) is 24.3 Å². The first-order valence-corrected chi connectivity index (χ1v) is 8.46. The van der Waals surface area contributed by atoms with E-state index < -0.39 is 5.97 Å². The highest BCUT2D eigenvalue weighted by Gasteiger charge is 2.13. The molecule has 0 aromatic heterocycles. The van der Waals surface area contributed by atoms with Crippen LogP contribution in [0.4, 0.5) is 5.69 Å². The van der Waals surface area contributed by atoms with Gasteiger partial charge in [-0.2, -0.15) is 0 Å². The minimum atomic E-state index is -0.522. The summed E-state index contributed by atoms with van der Waals surface area (Å²) in [5.41, 5.74) is 3.39. The number of carbonyl (C=O) groups is 3. The Morgan fingerprint density at radius 1 is 0.923 bits per heavy atom. The van der Waals surface area contributed by atoms with Gasteiger partial charge < -0.3 is 10.1 Å². The minimum Gasteiger partial charge on any atom is -0.454 e. The van der Waals surface area contributed by atoms with Crippen LogP contribution in [0.2, 0.25) is 0 Å². The Balaban J connectivity index is 1.95. The van der Waals surface area contributed by atoms with Crippen LogP contribution >= 0.6 is 0 Å². The fourth-order valence-corrected chi connectivity index (χ4v) is 2.42. The van der Waals surface area contributed by atoms with Gasteiger partial charge in [-0.3, -0.25) is 9.59 Å². The Kier molecular flexibility index (Phi) is 6.28. The van der Waals surface area contributed by atoms with Crippen molar-refractivity contribution >= 4 is 23.3 Å². The maximum atomic E-state index is 12.2. The average molecular weight is 353 g/mol. The number of rotatable bonds is 6. The van der Waals surface area contributed by atoms with Crippen molar-refractivity contribution in [1.29, 1.82) is 0 Å². The molecule has 5 nitrogen and oxygen atoms in total. The van der Waals surface area contributed by atoms with E-state index in [0.29, 0.717) is 16.8 Å². The third kappa shape index (κ3) is 5.28. The van der Waals surface area contributed by atoms with Crippen molar-refractivity contribution in [2.75, 3.05) is 11.9 Å². The predicted molar refractivity (Wildman–Crippen MR) is 100 cm³/mol. The molecule has 0 saturated carbocycles. The van der Waals surface area contributed by atoms with Crippen molar-refractivity contribution in [2.24, 2.45) is 5.92 Å². The number of Topliss-reactive ketones (excluding diaryl/α,β-unsaturated/α-hetero) is 1. The molecule has 1 amide bonds. The molecule has 2 rings (SSSR count). The summed E-state index contributed by atoms with van der Waals surface area (Å²) < 4.78 is 5.12. The zero-order chi connectivity index (χ0) is 19.3. The van der Waals surface area contributed by atoms with Gasteiger partial charge in [0, 0.05) is 17.2 Å². The molecule has 5 heteroatoms. The monoisotopic (exact) mass is 353 g/mol. The first kappa shape index (κ1) is 19.4. The van der Waals surface area contributed by atoms with Gasteiger partial charge in [-0.1, -0.05) is 31.0 Å². The Hall–Kier alpha value is -2.95. The minimum absolute atomic E-state index is 0.0912. The lowest BCUT2D eigenvalue weighted by atomic mass is 10.1. The lowest BCUT2D eigenvalue weighted by molar-refractivity contribution is -0.118. The molecule has 0 spiro atoms. The van der Waals surface area contributed by atoms with Gasteiger partial charge >= 0.3 is 5.97 Å². The van der Waals surface area contributed by atoms with Crippen LogP contribution in [0.3, 0.4) is 0 Å². The average Bonchev–Trinajstić information content (AvgIpc) is 2.59. The second-order valence-electron chi connectivity index (χ2n) is 6.60. The number of aryl methyl sites for hydroxylation is 2.